The molecule has 0 aliphatic rings. The largest absolute Gasteiger partial charge is 0.497 e. The first-order valence-corrected chi connectivity index (χ1v) is 11.7. The summed E-state index contributed by atoms with van der Waals surface area (Å²) in [6.45, 7) is 3.80. The molecule has 3 aromatic rings. The van der Waals surface area contributed by atoms with Crippen LogP contribution in [0.15, 0.2) is 77.7 Å². The van der Waals surface area contributed by atoms with Crippen molar-refractivity contribution < 1.29 is 17.9 Å². The summed E-state index contributed by atoms with van der Waals surface area (Å²) in [5.74, 6) is 0.430. The summed E-state index contributed by atoms with van der Waals surface area (Å²) < 4.78 is 33.4. The second-order valence-corrected chi connectivity index (χ2v) is 9.57. The monoisotopic (exact) mass is 452 g/mol. The van der Waals surface area contributed by atoms with Gasteiger partial charge in [-0.3, -0.25) is 9.10 Å². The van der Waals surface area contributed by atoms with Crippen molar-refractivity contribution in [3.8, 4) is 5.75 Å². The molecule has 0 radical (unpaired) electrons. The van der Waals surface area contributed by atoms with Gasteiger partial charge in [-0.05, 0) is 60.9 Å². The van der Waals surface area contributed by atoms with Crippen molar-refractivity contribution in [2.24, 2.45) is 0 Å². The molecule has 0 aliphatic carbocycles. The molecule has 0 atom stereocenters. The van der Waals surface area contributed by atoms with Gasteiger partial charge in [-0.1, -0.05) is 42.5 Å². The molecule has 0 N–H and O–H groups in total. The molecular weight excluding hydrogens is 424 g/mol. The van der Waals surface area contributed by atoms with Crippen LogP contribution in [0, 0.1) is 13.8 Å². The van der Waals surface area contributed by atoms with Gasteiger partial charge in [0.25, 0.3) is 10.0 Å². The van der Waals surface area contributed by atoms with Crippen LogP contribution < -0.4 is 9.04 Å². The molecule has 1 amide bonds. The molecule has 0 heterocycles. The molecule has 0 saturated heterocycles. The highest BCUT2D eigenvalue weighted by molar-refractivity contribution is 7.92. The normalized spacial score (nSPS) is 11.1. The number of carbonyl (C=O) groups is 1. The molecule has 0 unspecified atom stereocenters. The SMILES string of the molecule is COc1ccc(CN(C)C(=O)CN(c2cc(C)ccc2C)S(=O)(=O)c2ccccc2)cc1. The van der Waals surface area contributed by atoms with E-state index < -0.39 is 10.0 Å². The van der Waals surface area contributed by atoms with Crippen LogP contribution in [0.1, 0.15) is 16.7 Å². The Kier molecular flexibility index (Phi) is 7.20. The number of nitrogens with zero attached hydrogens (tertiary/aromatic N) is 2. The Bertz CT molecular complexity index is 1180. The van der Waals surface area contributed by atoms with E-state index in [1.807, 2.05) is 50.2 Å². The predicted octanol–water partition coefficient (Wildman–Crippen LogP) is 4.17. The van der Waals surface area contributed by atoms with Gasteiger partial charge in [0.05, 0.1) is 17.7 Å². The number of benzene rings is 3. The molecule has 6 nitrogen and oxygen atoms in total. The minimum Gasteiger partial charge on any atom is -0.497 e. The Hall–Kier alpha value is -3.32. The van der Waals surface area contributed by atoms with Crippen molar-refractivity contribution in [1.29, 1.82) is 0 Å². The summed E-state index contributed by atoms with van der Waals surface area (Å²) in [6.07, 6.45) is 0. The molecule has 0 bridgehead atoms. The van der Waals surface area contributed by atoms with E-state index in [2.05, 4.69) is 0 Å². The van der Waals surface area contributed by atoms with Gasteiger partial charge in [0.1, 0.15) is 12.3 Å². The maximum Gasteiger partial charge on any atom is 0.264 e. The summed E-state index contributed by atoms with van der Waals surface area (Å²) in [6, 6.07) is 21.2. The number of sulfonamides is 1. The van der Waals surface area contributed by atoms with Crippen molar-refractivity contribution in [2.45, 2.75) is 25.3 Å². The van der Waals surface area contributed by atoms with Gasteiger partial charge in [0, 0.05) is 13.6 Å². The van der Waals surface area contributed by atoms with Crippen LogP contribution >= 0.6 is 0 Å². The third-order valence-corrected chi connectivity index (χ3v) is 7.02. The van der Waals surface area contributed by atoms with E-state index in [9.17, 15) is 13.2 Å². The summed E-state index contributed by atoms with van der Waals surface area (Å²) in [7, 11) is -0.668. The smallest absolute Gasteiger partial charge is 0.264 e. The summed E-state index contributed by atoms with van der Waals surface area (Å²) in [4.78, 5) is 14.8. The van der Waals surface area contributed by atoms with Crippen LogP contribution in [0.25, 0.3) is 0 Å². The Morgan fingerprint density at radius 3 is 2.22 bits per heavy atom. The lowest BCUT2D eigenvalue weighted by Crippen LogP contribution is -2.41. The van der Waals surface area contributed by atoms with Gasteiger partial charge in [0.2, 0.25) is 5.91 Å². The van der Waals surface area contributed by atoms with Crippen LogP contribution in [-0.4, -0.2) is 39.9 Å². The molecule has 7 heteroatoms. The molecule has 0 saturated carbocycles. The van der Waals surface area contributed by atoms with Crippen molar-refractivity contribution in [3.63, 3.8) is 0 Å². The Balaban J connectivity index is 1.91. The zero-order chi connectivity index (χ0) is 23.3. The standard InChI is InChI=1S/C25H28N2O4S/c1-19-10-11-20(2)24(16-19)27(32(29,30)23-8-6-5-7-9-23)18-25(28)26(3)17-21-12-14-22(31-4)15-13-21/h5-16H,17-18H2,1-4H3. The number of hydrogen-bond acceptors (Lipinski definition) is 4. The molecule has 3 rings (SSSR count). The van der Waals surface area contributed by atoms with E-state index in [1.54, 1.807) is 50.6 Å². The third-order valence-electron chi connectivity index (χ3n) is 5.25. The number of aryl methyl sites for hydroxylation is 2. The van der Waals surface area contributed by atoms with Crippen molar-refractivity contribution in [2.75, 3.05) is 25.0 Å². The van der Waals surface area contributed by atoms with Gasteiger partial charge >= 0.3 is 0 Å². The maximum absolute atomic E-state index is 13.5. The second kappa shape index (κ2) is 9.87. The number of anilines is 1. The summed E-state index contributed by atoms with van der Waals surface area (Å²) >= 11 is 0. The highest BCUT2D eigenvalue weighted by Gasteiger charge is 2.29. The van der Waals surface area contributed by atoms with Gasteiger partial charge < -0.3 is 9.64 Å². The van der Waals surface area contributed by atoms with E-state index in [0.29, 0.717) is 12.2 Å². The van der Waals surface area contributed by atoms with Crippen LogP contribution in [0.5, 0.6) is 5.75 Å². The number of ether oxygens (including phenoxy) is 1. The first-order valence-electron chi connectivity index (χ1n) is 10.2. The fourth-order valence-electron chi connectivity index (χ4n) is 3.34. The molecule has 3 aromatic carbocycles. The van der Waals surface area contributed by atoms with Gasteiger partial charge in [-0.2, -0.15) is 0 Å². The lowest BCUT2D eigenvalue weighted by Gasteiger charge is -2.28. The molecule has 32 heavy (non-hydrogen) atoms. The van der Waals surface area contributed by atoms with E-state index in [-0.39, 0.29) is 17.3 Å². The number of amides is 1. The Morgan fingerprint density at radius 1 is 0.938 bits per heavy atom. The molecule has 0 spiro atoms. The maximum atomic E-state index is 13.5. The fourth-order valence-corrected chi connectivity index (χ4v) is 4.84. The molecule has 0 aliphatic heterocycles. The van der Waals surface area contributed by atoms with E-state index >= 15 is 0 Å². The number of likely N-dealkylation sites (N-methyl/N-ethyl adjacent to an activating group) is 1. The first-order chi connectivity index (χ1) is 15.2. The third kappa shape index (κ3) is 5.29. The Labute approximate surface area is 190 Å². The van der Waals surface area contributed by atoms with Gasteiger partial charge in [-0.15, -0.1) is 0 Å². The van der Waals surface area contributed by atoms with Crippen molar-refractivity contribution >= 4 is 21.6 Å². The molecule has 0 fully saturated rings. The average molecular weight is 453 g/mol. The lowest BCUT2D eigenvalue weighted by atomic mass is 10.1. The van der Waals surface area contributed by atoms with Gasteiger partial charge in [-0.25, -0.2) is 8.42 Å². The topological polar surface area (TPSA) is 66.9 Å². The first kappa shape index (κ1) is 23.3. The van der Waals surface area contributed by atoms with Gasteiger partial charge in [0.15, 0.2) is 0 Å². The van der Waals surface area contributed by atoms with Crippen LogP contribution in [-0.2, 0) is 21.4 Å². The fraction of sp³-hybridized carbons (Fsp3) is 0.240. The number of hydrogen-bond donors (Lipinski definition) is 0. The Morgan fingerprint density at radius 2 is 1.59 bits per heavy atom. The van der Waals surface area contributed by atoms with Crippen molar-refractivity contribution in [3.05, 3.63) is 89.5 Å². The zero-order valence-corrected chi connectivity index (χ0v) is 19.6. The van der Waals surface area contributed by atoms with Crippen molar-refractivity contribution in [1.82, 2.24) is 4.90 Å². The minimum atomic E-state index is -3.93. The zero-order valence-electron chi connectivity index (χ0n) is 18.8. The summed E-state index contributed by atoms with van der Waals surface area (Å²) in [5.41, 5.74) is 3.12. The highest BCUT2D eigenvalue weighted by Crippen LogP contribution is 2.28. The molecule has 0 aromatic heterocycles. The number of rotatable bonds is 8. The quantitative estimate of drug-likeness (QED) is 0.515. The van der Waals surface area contributed by atoms with Crippen LogP contribution in [0.2, 0.25) is 0 Å². The van der Waals surface area contributed by atoms with E-state index in [1.165, 1.54) is 9.21 Å². The van der Waals surface area contributed by atoms with Crippen LogP contribution in [0.4, 0.5) is 5.69 Å². The number of carbonyl (C=O) groups excluding carboxylic acids is 1. The lowest BCUT2D eigenvalue weighted by molar-refractivity contribution is -0.128. The molecule has 168 valence electrons. The van der Waals surface area contributed by atoms with E-state index in [0.717, 1.165) is 22.4 Å². The van der Waals surface area contributed by atoms with Crippen LogP contribution in [0.3, 0.4) is 0 Å². The predicted molar refractivity (Wildman–Crippen MR) is 126 cm³/mol. The second-order valence-electron chi connectivity index (χ2n) is 7.71. The molecular formula is C25H28N2O4S. The van der Waals surface area contributed by atoms with E-state index in [4.69, 9.17) is 4.74 Å². The average Bonchev–Trinajstić information content (AvgIpc) is 2.80. The highest BCUT2D eigenvalue weighted by atomic mass is 32.2. The summed E-state index contributed by atoms with van der Waals surface area (Å²) in [5, 5.41) is 0. The minimum absolute atomic E-state index is 0.145. The number of methoxy groups -OCH3 is 1.